The van der Waals surface area contributed by atoms with Crippen molar-refractivity contribution in [3.05, 3.63) is 95.3 Å². The molecule has 0 spiro atoms. The number of hydrogen-bond donors (Lipinski definition) is 1. The van der Waals surface area contributed by atoms with Crippen LogP contribution in [0.15, 0.2) is 82.8 Å². The topological polar surface area (TPSA) is 84.8 Å². The minimum absolute atomic E-state index is 0.162. The van der Waals surface area contributed by atoms with Crippen LogP contribution in [0.1, 0.15) is 16.7 Å². The van der Waals surface area contributed by atoms with Crippen LogP contribution in [-0.4, -0.2) is 20.5 Å². The van der Waals surface area contributed by atoms with E-state index in [0.717, 1.165) is 18.3 Å². The molecule has 0 saturated carbocycles. The Kier molecular flexibility index (Phi) is 7.12. The van der Waals surface area contributed by atoms with Gasteiger partial charge < -0.3 is 4.18 Å². The summed E-state index contributed by atoms with van der Waals surface area (Å²) >= 11 is 0. The van der Waals surface area contributed by atoms with E-state index in [9.17, 15) is 30.8 Å². The van der Waals surface area contributed by atoms with Crippen LogP contribution in [0.2, 0.25) is 0 Å². The maximum atomic E-state index is 13.6. The highest BCUT2D eigenvalue weighted by molar-refractivity contribution is 7.87. The summed E-state index contributed by atoms with van der Waals surface area (Å²) in [6.45, 7) is 0. The molecule has 11 heteroatoms. The molecule has 0 aliphatic heterocycles. The van der Waals surface area contributed by atoms with Crippen LogP contribution in [0.3, 0.4) is 0 Å². The van der Waals surface area contributed by atoms with E-state index in [1.807, 2.05) is 0 Å². The standard InChI is InChI=1S/C22H16F4N2O4S/c23-19-7-3-1-5-15(19)13-21(29)28-27-14-16-6-2-4-8-20(16)32-33(30,31)18-11-9-17(10-12-18)22(24,25)26/h1-12,14H,13H2,(H,28,29). The zero-order valence-electron chi connectivity index (χ0n) is 16.7. The molecule has 172 valence electrons. The van der Waals surface area contributed by atoms with E-state index in [-0.39, 0.29) is 23.3 Å². The lowest BCUT2D eigenvalue weighted by Crippen LogP contribution is -2.20. The number of rotatable bonds is 7. The molecule has 3 rings (SSSR count). The van der Waals surface area contributed by atoms with Gasteiger partial charge in [-0.15, -0.1) is 0 Å². The lowest BCUT2D eigenvalue weighted by Gasteiger charge is -2.11. The molecule has 0 aliphatic rings. The van der Waals surface area contributed by atoms with E-state index in [4.69, 9.17) is 4.18 Å². The van der Waals surface area contributed by atoms with Gasteiger partial charge in [-0.1, -0.05) is 30.3 Å². The smallest absolute Gasteiger partial charge is 0.378 e. The van der Waals surface area contributed by atoms with Gasteiger partial charge in [-0.2, -0.15) is 26.7 Å². The van der Waals surface area contributed by atoms with Crippen molar-refractivity contribution >= 4 is 22.2 Å². The largest absolute Gasteiger partial charge is 0.416 e. The van der Waals surface area contributed by atoms with Gasteiger partial charge in [-0.25, -0.2) is 9.82 Å². The van der Waals surface area contributed by atoms with Crippen molar-refractivity contribution in [2.24, 2.45) is 5.10 Å². The van der Waals surface area contributed by atoms with E-state index in [1.165, 1.54) is 36.4 Å². The fourth-order valence-corrected chi connectivity index (χ4v) is 3.62. The second kappa shape index (κ2) is 9.82. The Morgan fingerprint density at radius 2 is 1.61 bits per heavy atom. The van der Waals surface area contributed by atoms with Crippen LogP contribution in [-0.2, 0) is 27.5 Å². The number of benzene rings is 3. The number of halogens is 4. The van der Waals surface area contributed by atoms with Crippen LogP contribution < -0.4 is 9.61 Å². The van der Waals surface area contributed by atoms with Gasteiger partial charge in [0.05, 0.1) is 18.2 Å². The molecule has 0 heterocycles. The van der Waals surface area contributed by atoms with E-state index in [1.54, 1.807) is 12.1 Å². The molecule has 3 aromatic rings. The summed E-state index contributed by atoms with van der Waals surface area (Å²) in [5.74, 6) is -1.31. The third-order valence-electron chi connectivity index (χ3n) is 4.29. The van der Waals surface area contributed by atoms with Gasteiger partial charge in [0.15, 0.2) is 5.75 Å². The SMILES string of the molecule is O=C(Cc1ccccc1F)NN=Cc1ccccc1OS(=O)(=O)c1ccc(C(F)(F)F)cc1. The number of hydrogen-bond acceptors (Lipinski definition) is 5. The van der Waals surface area contributed by atoms with Crippen molar-refractivity contribution in [2.75, 3.05) is 0 Å². The number of carbonyl (C=O) groups excluding carboxylic acids is 1. The average molecular weight is 480 g/mol. The molecule has 0 atom stereocenters. The second-order valence-corrected chi connectivity index (χ2v) is 8.21. The number of nitrogens with one attached hydrogen (secondary N) is 1. The van der Waals surface area contributed by atoms with Crippen LogP contribution in [0.5, 0.6) is 5.75 Å². The third kappa shape index (κ3) is 6.39. The molecule has 0 saturated heterocycles. The van der Waals surface area contributed by atoms with E-state index in [0.29, 0.717) is 12.1 Å². The quantitative estimate of drug-likeness (QED) is 0.237. The summed E-state index contributed by atoms with van der Waals surface area (Å²) in [4.78, 5) is 11.5. The summed E-state index contributed by atoms with van der Waals surface area (Å²) in [6, 6.07) is 14.4. The van der Waals surface area contributed by atoms with Crippen molar-refractivity contribution in [3.63, 3.8) is 0 Å². The first-order chi connectivity index (χ1) is 15.6. The number of hydrazone groups is 1. The van der Waals surface area contributed by atoms with Crippen molar-refractivity contribution in [1.82, 2.24) is 5.43 Å². The second-order valence-electron chi connectivity index (χ2n) is 6.66. The Balaban J connectivity index is 1.71. The molecule has 33 heavy (non-hydrogen) atoms. The minimum Gasteiger partial charge on any atom is -0.378 e. The Bertz CT molecular complexity index is 1270. The number of nitrogens with zero attached hydrogens (tertiary/aromatic N) is 1. The highest BCUT2D eigenvalue weighted by Crippen LogP contribution is 2.30. The van der Waals surface area contributed by atoms with Crippen LogP contribution >= 0.6 is 0 Å². The lowest BCUT2D eigenvalue weighted by atomic mass is 10.1. The summed E-state index contributed by atoms with van der Waals surface area (Å²) in [6.07, 6.45) is -3.75. The van der Waals surface area contributed by atoms with Gasteiger partial charge in [0.25, 0.3) is 0 Å². The Hall–Kier alpha value is -3.73. The van der Waals surface area contributed by atoms with Gasteiger partial charge in [0.2, 0.25) is 5.91 Å². The van der Waals surface area contributed by atoms with E-state index < -0.39 is 38.5 Å². The molecule has 0 unspecified atom stereocenters. The fraction of sp³-hybridized carbons (Fsp3) is 0.0909. The highest BCUT2D eigenvalue weighted by Gasteiger charge is 2.31. The van der Waals surface area contributed by atoms with E-state index >= 15 is 0 Å². The average Bonchev–Trinajstić information content (AvgIpc) is 2.76. The third-order valence-corrected chi connectivity index (χ3v) is 5.54. The first-order valence-corrected chi connectivity index (χ1v) is 10.7. The molecule has 1 N–H and O–H groups in total. The van der Waals surface area contributed by atoms with Gasteiger partial charge in [0.1, 0.15) is 10.7 Å². The summed E-state index contributed by atoms with van der Waals surface area (Å²) < 4.78 is 81.7. The Labute approximate surface area is 186 Å². The van der Waals surface area contributed by atoms with Gasteiger partial charge in [-0.3, -0.25) is 4.79 Å². The van der Waals surface area contributed by atoms with Crippen LogP contribution in [0, 0.1) is 5.82 Å². The summed E-state index contributed by atoms with van der Waals surface area (Å²) in [5.41, 5.74) is 1.54. The number of amides is 1. The molecule has 6 nitrogen and oxygen atoms in total. The highest BCUT2D eigenvalue weighted by atomic mass is 32.2. The minimum atomic E-state index is -4.61. The molecule has 0 radical (unpaired) electrons. The molecular formula is C22H16F4N2O4S. The fourth-order valence-electron chi connectivity index (χ4n) is 2.67. The van der Waals surface area contributed by atoms with Gasteiger partial charge >= 0.3 is 16.3 Å². The molecule has 1 amide bonds. The van der Waals surface area contributed by atoms with Crippen LogP contribution in [0.25, 0.3) is 0 Å². The van der Waals surface area contributed by atoms with Crippen molar-refractivity contribution in [3.8, 4) is 5.75 Å². The van der Waals surface area contributed by atoms with Crippen molar-refractivity contribution in [2.45, 2.75) is 17.5 Å². The zero-order valence-corrected chi connectivity index (χ0v) is 17.5. The predicted octanol–water partition coefficient (Wildman–Crippen LogP) is 4.31. The summed E-state index contributed by atoms with van der Waals surface area (Å²) in [5, 5.41) is 3.72. The monoisotopic (exact) mass is 480 g/mol. The number of carbonyl (C=O) groups is 1. The first kappa shape index (κ1) is 23.9. The number of para-hydroxylation sites is 1. The molecule has 0 aliphatic carbocycles. The molecule has 0 fully saturated rings. The maximum Gasteiger partial charge on any atom is 0.416 e. The van der Waals surface area contributed by atoms with Crippen molar-refractivity contribution < 1.29 is 35.0 Å². The summed E-state index contributed by atoms with van der Waals surface area (Å²) in [7, 11) is -4.44. The number of alkyl halides is 3. The first-order valence-electron chi connectivity index (χ1n) is 9.32. The normalized spacial score (nSPS) is 12.0. The van der Waals surface area contributed by atoms with Gasteiger partial charge in [0, 0.05) is 5.56 Å². The van der Waals surface area contributed by atoms with Crippen molar-refractivity contribution in [1.29, 1.82) is 0 Å². The van der Waals surface area contributed by atoms with E-state index in [2.05, 4.69) is 10.5 Å². The van der Waals surface area contributed by atoms with Crippen LogP contribution in [0.4, 0.5) is 17.6 Å². The Morgan fingerprint density at radius 1 is 0.970 bits per heavy atom. The Morgan fingerprint density at radius 3 is 2.27 bits per heavy atom. The van der Waals surface area contributed by atoms with Gasteiger partial charge in [-0.05, 0) is 48.0 Å². The zero-order chi connectivity index (χ0) is 24.1. The predicted molar refractivity (Wildman–Crippen MR) is 112 cm³/mol. The molecule has 0 aromatic heterocycles. The molecule has 3 aromatic carbocycles. The maximum absolute atomic E-state index is 13.6. The molecular weight excluding hydrogens is 464 g/mol. The molecule has 0 bridgehead atoms. The lowest BCUT2D eigenvalue weighted by molar-refractivity contribution is -0.137.